The average molecular weight is 266 g/mol. The number of aryl methyl sites for hydroxylation is 1. The molecule has 0 saturated heterocycles. The lowest BCUT2D eigenvalue weighted by Gasteiger charge is -1.94. The lowest BCUT2D eigenvalue weighted by atomic mass is 10.5. The first-order chi connectivity index (χ1) is 5.27. The molecule has 0 aromatic carbocycles. The summed E-state index contributed by atoms with van der Waals surface area (Å²) in [6.07, 6.45) is 3.09. The molecule has 0 unspecified atom stereocenters. The Morgan fingerprint density at radius 1 is 1.73 bits per heavy atom. The molecule has 1 rings (SSSR count). The van der Waals surface area contributed by atoms with Gasteiger partial charge in [0.2, 0.25) is 5.88 Å². The van der Waals surface area contributed by atoms with Crippen molar-refractivity contribution in [3.05, 3.63) is 9.77 Å². The average Bonchev–Trinajstić information content (AvgIpc) is 2.32. The van der Waals surface area contributed by atoms with Gasteiger partial charge in [-0.2, -0.15) is 0 Å². The second-order valence-corrected chi connectivity index (χ2v) is 3.41. The van der Waals surface area contributed by atoms with Crippen LogP contribution >= 0.6 is 22.6 Å². The number of aromatic nitrogens is 2. The third-order valence-electron chi connectivity index (χ3n) is 1.33. The number of hydrogen-bond donors (Lipinski definition) is 0. The highest BCUT2D eigenvalue weighted by Gasteiger charge is 2.03. The van der Waals surface area contributed by atoms with Crippen molar-refractivity contribution >= 4 is 22.6 Å². The van der Waals surface area contributed by atoms with Gasteiger partial charge in [0, 0.05) is 12.7 Å². The molecule has 11 heavy (non-hydrogen) atoms. The summed E-state index contributed by atoms with van der Waals surface area (Å²) in [6.45, 7) is 3.08. The largest absolute Gasteiger partial charge is 0.479 e. The summed E-state index contributed by atoms with van der Waals surface area (Å²) < 4.78 is 8.00. The van der Waals surface area contributed by atoms with E-state index in [0.717, 1.165) is 22.4 Å². The van der Waals surface area contributed by atoms with Crippen LogP contribution in [0.15, 0.2) is 6.20 Å². The Bertz CT molecular complexity index is 234. The molecule has 0 atom stereocenters. The van der Waals surface area contributed by atoms with Crippen LogP contribution in [0.4, 0.5) is 0 Å². The standard InChI is InChI=1S/C7H11IN2O/c1-3-4-10-5-6(8)7(9-10)11-2/h5H,3-4H2,1-2H3. The summed E-state index contributed by atoms with van der Waals surface area (Å²) >= 11 is 2.21. The topological polar surface area (TPSA) is 27.1 Å². The molecule has 0 aliphatic rings. The van der Waals surface area contributed by atoms with Crippen LogP contribution in [-0.4, -0.2) is 16.9 Å². The van der Waals surface area contributed by atoms with Crippen molar-refractivity contribution < 1.29 is 4.74 Å². The van der Waals surface area contributed by atoms with Crippen LogP contribution in [0.1, 0.15) is 13.3 Å². The van der Waals surface area contributed by atoms with Gasteiger partial charge in [0.25, 0.3) is 0 Å². The molecule has 0 N–H and O–H groups in total. The van der Waals surface area contributed by atoms with E-state index in [9.17, 15) is 0 Å². The van der Waals surface area contributed by atoms with Gasteiger partial charge in [0.15, 0.2) is 0 Å². The smallest absolute Gasteiger partial charge is 0.246 e. The monoisotopic (exact) mass is 266 g/mol. The Balaban J connectivity index is 2.77. The molecule has 1 aromatic rings. The third-order valence-corrected chi connectivity index (χ3v) is 2.07. The molecule has 0 bridgehead atoms. The Morgan fingerprint density at radius 2 is 2.45 bits per heavy atom. The maximum absolute atomic E-state index is 5.03. The molecule has 3 nitrogen and oxygen atoms in total. The SMILES string of the molecule is CCCn1cc(I)c(OC)n1. The summed E-state index contributed by atoms with van der Waals surface area (Å²) in [5.74, 6) is 0.721. The third kappa shape index (κ3) is 2.08. The molecule has 0 radical (unpaired) electrons. The molecular formula is C7H11IN2O. The number of hydrogen-bond acceptors (Lipinski definition) is 2. The Morgan fingerprint density at radius 3 is 2.91 bits per heavy atom. The van der Waals surface area contributed by atoms with Crippen molar-refractivity contribution in [1.82, 2.24) is 9.78 Å². The van der Waals surface area contributed by atoms with Crippen molar-refractivity contribution in [2.24, 2.45) is 0 Å². The predicted molar refractivity (Wildman–Crippen MR) is 51.8 cm³/mol. The summed E-state index contributed by atoms with van der Waals surface area (Å²) in [5.41, 5.74) is 0. The lowest BCUT2D eigenvalue weighted by molar-refractivity contribution is 0.385. The van der Waals surface area contributed by atoms with Crippen molar-refractivity contribution in [3.8, 4) is 5.88 Å². The van der Waals surface area contributed by atoms with E-state index in [1.165, 1.54) is 0 Å². The van der Waals surface area contributed by atoms with Crippen LogP contribution in [0.5, 0.6) is 5.88 Å². The number of nitrogens with zero attached hydrogens (tertiary/aromatic N) is 2. The van der Waals surface area contributed by atoms with E-state index in [4.69, 9.17) is 4.74 Å². The van der Waals surface area contributed by atoms with Crippen molar-refractivity contribution in [2.45, 2.75) is 19.9 Å². The zero-order chi connectivity index (χ0) is 8.27. The molecule has 1 heterocycles. The first kappa shape index (κ1) is 8.83. The van der Waals surface area contributed by atoms with Crippen molar-refractivity contribution in [2.75, 3.05) is 7.11 Å². The van der Waals surface area contributed by atoms with Gasteiger partial charge in [-0.1, -0.05) is 6.92 Å². The minimum Gasteiger partial charge on any atom is -0.479 e. The molecule has 0 fully saturated rings. The molecule has 1 aromatic heterocycles. The van der Waals surface area contributed by atoms with Gasteiger partial charge >= 0.3 is 0 Å². The first-order valence-electron chi connectivity index (χ1n) is 3.55. The molecular weight excluding hydrogens is 255 g/mol. The van der Waals surface area contributed by atoms with Crippen LogP contribution < -0.4 is 4.74 Å². The molecule has 4 heteroatoms. The zero-order valence-corrected chi connectivity index (χ0v) is 8.83. The number of rotatable bonds is 3. The lowest BCUT2D eigenvalue weighted by Crippen LogP contribution is -1.96. The quantitative estimate of drug-likeness (QED) is 0.781. The van der Waals surface area contributed by atoms with Crippen LogP contribution in [0.2, 0.25) is 0 Å². The van der Waals surface area contributed by atoms with Crippen LogP contribution in [0.3, 0.4) is 0 Å². The van der Waals surface area contributed by atoms with Gasteiger partial charge in [0.1, 0.15) is 0 Å². The highest BCUT2D eigenvalue weighted by molar-refractivity contribution is 14.1. The fourth-order valence-electron chi connectivity index (χ4n) is 0.861. The van der Waals surface area contributed by atoms with E-state index >= 15 is 0 Å². The van der Waals surface area contributed by atoms with E-state index in [-0.39, 0.29) is 0 Å². The summed E-state index contributed by atoms with van der Waals surface area (Å²) in [7, 11) is 1.64. The van der Waals surface area contributed by atoms with Gasteiger partial charge in [-0.05, 0) is 29.0 Å². The molecule has 0 aliphatic carbocycles. The normalized spacial score (nSPS) is 10.1. The summed E-state index contributed by atoms with van der Waals surface area (Å²) in [6, 6.07) is 0. The summed E-state index contributed by atoms with van der Waals surface area (Å²) in [5, 5.41) is 4.20. The Hall–Kier alpha value is -0.260. The fraction of sp³-hybridized carbons (Fsp3) is 0.571. The maximum Gasteiger partial charge on any atom is 0.246 e. The van der Waals surface area contributed by atoms with Gasteiger partial charge in [-0.15, -0.1) is 5.10 Å². The van der Waals surface area contributed by atoms with E-state index in [1.54, 1.807) is 7.11 Å². The van der Waals surface area contributed by atoms with Crippen LogP contribution in [-0.2, 0) is 6.54 Å². The highest BCUT2D eigenvalue weighted by atomic mass is 127. The molecule has 62 valence electrons. The number of halogens is 1. The Kier molecular flexibility index (Phi) is 3.16. The van der Waals surface area contributed by atoms with Crippen molar-refractivity contribution in [3.63, 3.8) is 0 Å². The fourth-order valence-corrected chi connectivity index (χ4v) is 1.51. The van der Waals surface area contributed by atoms with E-state index in [0.29, 0.717) is 0 Å². The van der Waals surface area contributed by atoms with Crippen LogP contribution in [0, 0.1) is 3.57 Å². The molecule has 0 aliphatic heterocycles. The summed E-state index contributed by atoms with van der Waals surface area (Å²) in [4.78, 5) is 0. The minimum atomic E-state index is 0.721. The number of methoxy groups -OCH3 is 1. The van der Waals surface area contributed by atoms with Crippen LogP contribution in [0.25, 0.3) is 0 Å². The molecule has 0 spiro atoms. The zero-order valence-electron chi connectivity index (χ0n) is 6.67. The second-order valence-electron chi connectivity index (χ2n) is 2.25. The van der Waals surface area contributed by atoms with E-state index in [2.05, 4.69) is 34.6 Å². The van der Waals surface area contributed by atoms with Gasteiger partial charge < -0.3 is 4.74 Å². The van der Waals surface area contributed by atoms with Crippen molar-refractivity contribution in [1.29, 1.82) is 0 Å². The first-order valence-corrected chi connectivity index (χ1v) is 4.62. The highest BCUT2D eigenvalue weighted by Crippen LogP contribution is 2.17. The molecule has 0 amide bonds. The van der Waals surface area contributed by atoms with Gasteiger partial charge in [-0.25, -0.2) is 0 Å². The minimum absolute atomic E-state index is 0.721. The predicted octanol–water partition coefficient (Wildman–Crippen LogP) is 1.91. The molecule has 0 saturated carbocycles. The second kappa shape index (κ2) is 3.94. The maximum atomic E-state index is 5.03. The Labute approximate surface area is 79.9 Å². The number of ether oxygens (including phenoxy) is 1. The van der Waals surface area contributed by atoms with E-state index in [1.807, 2.05) is 10.9 Å². The van der Waals surface area contributed by atoms with E-state index < -0.39 is 0 Å². The van der Waals surface area contributed by atoms with Gasteiger partial charge in [0.05, 0.1) is 10.7 Å². The van der Waals surface area contributed by atoms with Gasteiger partial charge in [-0.3, -0.25) is 4.68 Å².